The molecule has 0 bridgehead atoms. The Bertz CT molecular complexity index is 623. The van der Waals surface area contributed by atoms with Gasteiger partial charge < -0.3 is 11.1 Å². The Kier molecular flexibility index (Phi) is 3.66. The van der Waals surface area contributed by atoms with Gasteiger partial charge in [0, 0.05) is 23.0 Å². The van der Waals surface area contributed by atoms with Gasteiger partial charge in [-0.3, -0.25) is 4.79 Å². The zero-order chi connectivity index (χ0) is 14.0. The van der Waals surface area contributed by atoms with Gasteiger partial charge in [0.2, 0.25) is 0 Å². The number of nitrogen functional groups attached to an aromatic ring is 1. The number of pyridine rings is 1. The van der Waals surface area contributed by atoms with E-state index in [1.807, 2.05) is 0 Å². The third kappa shape index (κ3) is 2.82. The standard InChI is InChI=1S/C13H11ClFN3O/c1-7-9(15)5-8(6-10(7)16)13(19)18-11-3-2-4-17-12(11)14/h2-6H,16H2,1H3,(H,18,19). The molecule has 1 aromatic heterocycles. The monoisotopic (exact) mass is 279 g/mol. The largest absolute Gasteiger partial charge is 0.398 e. The lowest BCUT2D eigenvalue weighted by Gasteiger charge is -2.08. The normalized spacial score (nSPS) is 10.3. The highest BCUT2D eigenvalue weighted by Crippen LogP contribution is 2.21. The Labute approximate surface area is 114 Å². The van der Waals surface area contributed by atoms with Gasteiger partial charge in [-0.05, 0) is 31.2 Å². The second-order valence-electron chi connectivity index (χ2n) is 3.97. The third-order valence-electron chi connectivity index (χ3n) is 2.65. The molecule has 2 aromatic rings. The summed E-state index contributed by atoms with van der Waals surface area (Å²) in [5, 5.41) is 2.71. The van der Waals surface area contributed by atoms with Gasteiger partial charge in [-0.2, -0.15) is 0 Å². The number of anilines is 2. The minimum absolute atomic E-state index is 0.125. The summed E-state index contributed by atoms with van der Waals surface area (Å²) in [6.45, 7) is 1.55. The highest BCUT2D eigenvalue weighted by molar-refractivity contribution is 6.32. The number of carbonyl (C=O) groups excluding carboxylic acids is 1. The molecule has 0 atom stereocenters. The van der Waals surface area contributed by atoms with Gasteiger partial charge in [0.25, 0.3) is 5.91 Å². The number of nitrogens with zero attached hydrogens (tertiary/aromatic N) is 1. The van der Waals surface area contributed by atoms with Crippen molar-refractivity contribution in [1.29, 1.82) is 0 Å². The van der Waals surface area contributed by atoms with Gasteiger partial charge in [0.1, 0.15) is 5.82 Å². The van der Waals surface area contributed by atoms with Crippen molar-refractivity contribution in [1.82, 2.24) is 4.98 Å². The number of hydrogen-bond donors (Lipinski definition) is 2. The fourth-order valence-electron chi connectivity index (χ4n) is 1.50. The average molecular weight is 280 g/mol. The quantitative estimate of drug-likeness (QED) is 0.656. The van der Waals surface area contributed by atoms with E-state index in [9.17, 15) is 9.18 Å². The van der Waals surface area contributed by atoms with E-state index in [1.54, 1.807) is 19.1 Å². The van der Waals surface area contributed by atoms with Crippen molar-refractivity contribution in [2.24, 2.45) is 0 Å². The number of rotatable bonds is 2. The van der Waals surface area contributed by atoms with Crippen molar-refractivity contribution in [3.8, 4) is 0 Å². The van der Waals surface area contributed by atoms with Gasteiger partial charge >= 0.3 is 0 Å². The number of hydrogen-bond acceptors (Lipinski definition) is 3. The van der Waals surface area contributed by atoms with Crippen LogP contribution in [0.4, 0.5) is 15.8 Å². The third-order valence-corrected chi connectivity index (χ3v) is 2.96. The Hall–Kier alpha value is -2.14. The van der Waals surface area contributed by atoms with Gasteiger partial charge in [0.05, 0.1) is 5.69 Å². The van der Waals surface area contributed by atoms with Crippen LogP contribution in [0.25, 0.3) is 0 Å². The maximum absolute atomic E-state index is 13.5. The molecular weight excluding hydrogens is 269 g/mol. The molecule has 0 spiro atoms. The first-order valence-corrected chi connectivity index (χ1v) is 5.84. The lowest BCUT2D eigenvalue weighted by molar-refractivity contribution is 0.102. The molecule has 1 amide bonds. The van der Waals surface area contributed by atoms with Crippen molar-refractivity contribution >= 4 is 28.9 Å². The van der Waals surface area contributed by atoms with E-state index >= 15 is 0 Å². The molecule has 19 heavy (non-hydrogen) atoms. The Morgan fingerprint density at radius 2 is 2.21 bits per heavy atom. The molecule has 0 radical (unpaired) electrons. The van der Waals surface area contributed by atoms with Crippen LogP contribution in [0.15, 0.2) is 30.5 Å². The summed E-state index contributed by atoms with van der Waals surface area (Å²) < 4.78 is 13.5. The van der Waals surface area contributed by atoms with Crippen LogP contribution in [0.2, 0.25) is 5.15 Å². The van der Waals surface area contributed by atoms with Crippen molar-refractivity contribution < 1.29 is 9.18 Å². The van der Waals surface area contributed by atoms with Crippen molar-refractivity contribution in [2.45, 2.75) is 6.92 Å². The lowest BCUT2D eigenvalue weighted by atomic mass is 10.1. The molecular formula is C13H11ClFN3O. The van der Waals surface area contributed by atoms with E-state index in [4.69, 9.17) is 17.3 Å². The van der Waals surface area contributed by atoms with E-state index in [0.29, 0.717) is 11.3 Å². The summed E-state index contributed by atoms with van der Waals surface area (Å²) in [6.07, 6.45) is 1.50. The summed E-state index contributed by atoms with van der Waals surface area (Å²) in [4.78, 5) is 15.8. The SMILES string of the molecule is Cc1c(N)cc(C(=O)Nc2cccnc2Cl)cc1F. The van der Waals surface area contributed by atoms with Crippen LogP contribution < -0.4 is 11.1 Å². The molecule has 0 aliphatic rings. The smallest absolute Gasteiger partial charge is 0.255 e. The van der Waals surface area contributed by atoms with E-state index in [-0.39, 0.29) is 16.4 Å². The summed E-state index contributed by atoms with van der Waals surface area (Å²) in [7, 11) is 0. The van der Waals surface area contributed by atoms with Crippen LogP contribution in [0.1, 0.15) is 15.9 Å². The molecule has 0 fully saturated rings. The number of carbonyl (C=O) groups is 1. The lowest BCUT2D eigenvalue weighted by Crippen LogP contribution is -2.13. The second-order valence-corrected chi connectivity index (χ2v) is 4.33. The van der Waals surface area contributed by atoms with Gasteiger partial charge in [-0.1, -0.05) is 11.6 Å². The molecule has 0 aliphatic carbocycles. The fourth-order valence-corrected chi connectivity index (χ4v) is 1.67. The highest BCUT2D eigenvalue weighted by Gasteiger charge is 2.12. The number of nitrogens with two attached hydrogens (primary N) is 1. The van der Waals surface area contributed by atoms with Crippen LogP contribution >= 0.6 is 11.6 Å². The van der Waals surface area contributed by atoms with Crippen LogP contribution in [-0.4, -0.2) is 10.9 Å². The van der Waals surface area contributed by atoms with Gasteiger partial charge in [-0.15, -0.1) is 0 Å². The average Bonchev–Trinajstić information content (AvgIpc) is 2.38. The zero-order valence-electron chi connectivity index (χ0n) is 10.1. The molecule has 6 heteroatoms. The molecule has 0 unspecified atom stereocenters. The first-order valence-electron chi connectivity index (χ1n) is 5.46. The Morgan fingerprint density at radius 1 is 1.47 bits per heavy atom. The number of halogens is 2. The molecule has 1 aromatic carbocycles. The zero-order valence-corrected chi connectivity index (χ0v) is 10.8. The molecule has 1 heterocycles. The van der Waals surface area contributed by atoms with E-state index < -0.39 is 11.7 Å². The molecule has 3 N–H and O–H groups in total. The number of aromatic nitrogens is 1. The summed E-state index contributed by atoms with van der Waals surface area (Å²) in [5.41, 5.74) is 6.65. The summed E-state index contributed by atoms with van der Waals surface area (Å²) in [6, 6.07) is 5.77. The van der Waals surface area contributed by atoms with Crippen LogP contribution in [-0.2, 0) is 0 Å². The van der Waals surface area contributed by atoms with Crippen molar-refractivity contribution in [3.05, 3.63) is 52.6 Å². The molecule has 98 valence electrons. The number of nitrogens with one attached hydrogen (secondary N) is 1. The second kappa shape index (κ2) is 5.24. The minimum Gasteiger partial charge on any atom is -0.398 e. The fraction of sp³-hybridized carbons (Fsp3) is 0.0769. The first kappa shape index (κ1) is 13.3. The Morgan fingerprint density at radius 3 is 2.84 bits per heavy atom. The number of amides is 1. The predicted octanol–water partition coefficient (Wildman–Crippen LogP) is 3.02. The van der Waals surface area contributed by atoms with Gasteiger partial charge in [-0.25, -0.2) is 9.37 Å². The van der Waals surface area contributed by atoms with E-state index in [1.165, 1.54) is 12.3 Å². The van der Waals surface area contributed by atoms with E-state index in [2.05, 4.69) is 10.3 Å². The topological polar surface area (TPSA) is 68.0 Å². The highest BCUT2D eigenvalue weighted by atomic mass is 35.5. The summed E-state index contributed by atoms with van der Waals surface area (Å²) in [5.74, 6) is -1.03. The predicted molar refractivity (Wildman–Crippen MR) is 72.7 cm³/mol. The van der Waals surface area contributed by atoms with Crippen LogP contribution in [0.5, 0.6) is 0 Å². The molecule has 2 rings (SSSR count). The Balaban J connectivity index is 2.28. The van der Waals surface area contributed by atoms with Crippen molar-refractivity contribution in [2.75, 3.05) is 11.1 Å². The maximum Gasteiger partial charge on any atom is 0.255 e. The first-order chi connectivity index (χ1) is 8.99. The number of benzene rings is 1. The molecule has 0 saturated heterocycles. The molecule has 0 aliphatic heterocycles. The van der Waals surface area contributed by atoms with Crippen molar-refractivity contribution in [3.63, 3.8) is 0 Å². The van der Waals surface area contributed by atoms with E-state index in [0.717, 1.165) is 6.07 Å². The van der Waals surface area contributed by atoms with Gasteiger partial charge in [0.15, 0.2) is 5.15 Å². The van der Waals surface area contributed by atoms with Crippen LogP contribution in [0.3, 0.4) is 0 Å². The minimum atomic E-state index is -0.526. The molecule has 4 nitrogen and oxygen atoms in total. The van der Waals surface area contributed by atoms with Crippen LogP contribution in [0, 0.1) is 12.7 Å². The maximum atomic E-state index is 13.5. The summed E-state index contributed by atoms with van der Waals surface area (Å²) >= 11 is 5.82. The molecule has 0 saturated carbocycles.